The standard InChI is InChI=1S/C34H33FN4O3/c1-3-23(32(22-40)39-14-4-5-28(37)21-39)18-31(26-6-7-27(20-36)30(35)17-26)38(2)29-11-8-24(9-12-29)25-10-13-33-34(19-25)42-16-15-41-33/h3,6-13,17-19,21-22,40H,4-5,14-16,37H2,1-2H3/b23-3+,31-18-,32-22?. The molecule has 2 aliphatic rings. The molecular weight excluding hydrogens is 531 g/mol. The number of aliphatic hydroxyl groups excluding tert-OH is 1. The van der Waals surface area contributed by atoms with E-state index in [1.165, 1.54) is 12.1 Å². The molecule has 3 aromatic carbocycles. The zero-order valence-corrected chi connectivity index (χ0v) is 23.7. The Balaban J connectivity index is 1.52. The van der Waals surface area contributed by atoms with Crippen molar-refractivity contribution in [2.75, 3.05) is 31.7 Å². The fourth-order valence-electron chi connectivity index (χ4n) is 5.12. The van der Waals surface area contributed by atoms with Crippen LogP contribution in [-0.4, -0.2) is 36.8 Å². The molecule has 2 heterocycles. The van der Waals surface area contributed by atoms with Gasteiger partial charge < -0.3 is 30.1 Å². The summed E-state index contributed by atoms with van der Waals surface area (Å²) in [5.74, 6) is 0.865. The van der Waals surface area contributed by atoms with Gasteiger partial charge in [0.2, 0.25) is 0 Å². The highest BCUT2D eigenvalue weighted by Crippen LogP contribution is 2.36. The van der Waals surface area contributed by atoms with Crippen molar-refractivity contribution in [3.63, 3.8) is 0 Å². The first kappa shape index (κ1) is 28.4. The van der Waals surface area contributed by atoms with E-state index in [4.69, 9.17) is 15.2 Å². The maximum atomic E-state index is 14.8. The molecule has 0 bridgehead atoms. The number of ether oxygens (including phenoxy) is 2. The molecule has 0 atom stereocenters. The zero-order valence-electron chi connectivity index (χ0n) is 23.7. The number of halogens is 1. The summed E-state index contributed by atoms with van der Waals surface area (Å²) in [5, 5.41) is 19.5. The zero-order chi connectivity index (χ0) is 29.6. The maximum absolute atomic E-state index is 14.8. The molecule has 3 N–H and O–H groups in total. The summed E-state index contributed by atoms with van der Waals surface area (Å²) in [6.45, 7) is 3.65. The number of fused-ring (bicyclic) bond motifs is 1. The molecule has 0 saturated carbocycles. The predicted octanol–water partition coefficient (Wildman–Crippen LogP) is 6.85. The van der Waals surface area contributed by atoms with Crippen LogP contribution in [0.5, 0.6) is 11.5 Å². The van der Waals surface area contributed by atoms with Gasteiger partial charge in [-0.3, -0.25) is 0 Å². The van der Waals surface area contributed by atoms with Gasteiger partial charge in [0.25, 0.3) is 0 Å². The van der Waals surface area contributed by atoms with Gasteiger partial charge in [-0.2, -0.15) is 5.26 Å². The molecule has 0 radical (unpaired) electrons. The van der Waals surface area contributed by atoms with Gasteiger partial charge in [0.05, 0.1) is 11.3 Å². The Hall–Kier alpha value is -5.16. The number of nitriles is 1. The summed E-state index contributed by atoms with van der Waals surface area (Å²) >= 11 is 0. The van der Waals surface area contributed by atoms with Gasteiger partial charge in [-0.15, -0.1) is 0 Å². The van der Waals surface area contributed by atoms with Crippen LogP contribution in [0.2, 0.25) is 0 Å². The van der Waals surface area contributed by atoms with Crippen LogP contribution in [0.1, 0.15) is 30.9 Å². The Morgan fingerprint density at radius 1 is 1.05 bits per heavy atom. The molecule has 2 aliphatic heterocycles. The van der Waals surface area contributed by atoms with Gasteiger partial charge in [0, 0.05) is 42.4 Å². The van der Waals surface area contributed by atoms with E-state index in [0.717, 1.165) is 58.7 Å². The molecular formula is C34H33FN4O3. The molecule has 0 unspecified atom stereocenters. The van der Waals surface area contributed by atoms with E-state index in [1.807, 2.05) is 90.7 Å². The smallest absolute Gasteiger partial charge is 0.161 e. The Labute approximate surface area is 245 Å². The van der Waals surface area contributed by atoms with Crippen LogP contribution in [0.3, 0.4) is 0 Å². The van der Waals surface area contributed by atoms with Crippen LogP contribution in [0.4, 0.5) is 10.1 Å². The second-order valence-corrected chi connectivity index (χ2v) is 10.1. The highest BCUT2D eigenvalue weighted by atomic mass is 19.1. The lowest BCUT2D eigenvalue weighted by Gasteiger charge is -2.29. The van der Waals surface area contributed by atoms with Crippen molar-refractivity contribution in [2.45, 2.75) is 19.8 Å². The van der Waals surface area contributed by atoms with Crippen LogP contribution in [-0.2, 0) is 0 Å². The largest absolute Gasteiger partial charge is 0.513 e. The van der Waals surface area contributed by atoms with Crippen molar-refractivity contribution in [3.8, 4) is 28.7 Å². The molecule has 0 aliphatic carbocycles. The summed E-state index contributed by atoms with van der Waals surface area (Å²) in [6, 6.07) is 20.4. The van der Waals surface area contributed by atoms with Crippen molar-refractivity contribution in [2.24, 2.45) is 5.73 Å². The van der Waals surface area contributed by atoms with Crippen LogP contribution in [0, 0.1) is 17.1 Å². The average molecular weight is 565 g/mol. The number of anilines is 1. The lowest BCUT2D eigenvalue weighted by Crippen LogP contribution is -2.25. The number of rotatable bonds is 7. The Morgan fingerprint density at radius 2 is 1.79 bits per heavy atom. The van der Waals surface area contributed by atoms with Crippen molar-refractivity contribution in [1.29, 1.82) is 5.26 Å². The third-order valence-corrected chi connectivity index (χ3v) is 7.39. The lowest BCUT2D eigenvalue weighted by molar-refractivity contribution is 0.171. The number of nitrogens with zero attached hydrogens (tertiary/aromatic N) is 3. The topological polar surface area (TPSA) is 95.0 Å². The van der Waals surface area contributed by atoms with Gasteiger partial charge in [-0.1, -0.05) is 30.3 Å². The van der Waals surface area contributed by atoms with E-state index >= 15 is 0 Å². The van der Waals surface area contributed by atoms with Crippen molar-refractivity contribution in [3.05, 3.63) is 119 Å². The van der Waals surface area contributed by atoms with E-state index in [1.54, 1.807) is 6.07 Å². The minimum Gasteiger partial charge on any atom is -0.513 e. The van der Waals surface area contributed by atoms with Crippen LogP contribution in [0.25, 0.3) is 16.8 Å². The maximum Gasteiger partial charge on any atom is 0.161 e. The third kappa shape index (κ3) is 5.96. The second-order valence-electron chi connectivity index (χ2n) is 10.1. The molecule has 0 spiro atoms. The van der Waals surface area contributed by atoms with E-state index in [9.17, 15) is 14.8 Å². The summed E-state index contributed by atoms with van der Waals surface area (Å²) in [6.07, 6.45) is 8.36. The minimum atomic E-state index is -0.602. The molecule has 0 fully saturated rings. The fraction of sp³-hybridized carbons (Fsp3) is 0.206. The van der Waals surface area contributed by atoms with Crippen molar-refractivity contribution >= 4 is 11.4 Å². The van der Waals surface area contributed by atoms with Gasteiger partial charge in [0.15, 0.2) is 11.5 Å². The van der Waals surface area contributed by atoms with Crippen LogP contribution >= 0.6 is 0 Å². The minimum absolute atomic E-state index is 0.0272. The number of benzene rings is 3. The first-order chi connectivity index (χ1) is 20.4. The number of allylic oxidation sites excluding steroid dienone is 3. The van der Waals surface area contributed by atoms with E-state index in [-0.39, 0.29) is 5.56 Å². The summed E-state index contributed by atoms with van der Waals surface area (Å²) in [5.41, 5.74) is 12.2. The Bertz CT molecular complexity index is 1630. The number of hydrogen-bond donors (Lipinski definition) is 2. The number of nitrogens with two attached hydrogens (primary N) is 1. The Kier molecular flexibility index (Phi) is 8.49. The monoisotopic (exact) mass is 564 g/mol. The van der Waals surface area contributed by atoms with Crippen LogP contribution < -0.4 is 20.1 Å². The quantitative estimate of drug-likeness (QED) is 0.239. The van der Waals surface area contributed by atoms with Gasteiger partial charge in [-0.25, -0.2) is 4.39 Å². The van der Waals surface area contributed by atoms with Crippen molar-refractivity contribution < 1.29 is 19.0 Å². The second kappa shape index (κ2) is 12.6. The summed E-state index contributed by atoms with van der Waals surface area (Å²) < 4.78 is 26.2. The average Bonchev–Trinajstić information content (AvgIpc) is 3.02. The molecule has 5 rings (SSSR count). The molecule has 7 nitrogen and oxygen atoms in total. The van der Waals surface area contributed by atoms with E-state index < -0.39 is 5.82 Å². The van der Waals surface area contributed by atoms with E-state index in [0.29, 0.717) is 36.7 Å². The summed E-state index contributed by atoms with van der Waals surface area (Å²) in [4.78, 5) is 3.87. The van der Waals surface area contributed by atoms with Crippen molar-refractivity contribution in [1.82, 2.24) is 4.90 Å². The SMILES string of the molecule is C/C=C(\C=C(\c1ccc(C#N)c(F)c1)N(C)c1ccc(-c2ccc3c(c2)OCCO3)cc1)C(=CO)N1C=C(N)CCC1. The first-order valence-corrected chi connectivity index (χ1v) is 13.8. The predicted molar refractivity (Wildman–Crippen MR) is 163 cm³/mol. The Morgan fingerprint density at radius 3 is 2.45 bits per heavy atom. The highest BCUT2D eigenvalue weighted by molar-refractivity contribution is 5.82. The lowest BCUT2D eigenvalue weighted by atomic mass is 10.0. The number of hydrogen-bond acceptors (Lipinski definition) is 7. The first-order valence-electron chi connectivity index (χ1n) is 13.8. The van der Waals surface area contributed by atoms with Gasteiger partial charge >= 0.3 is 0 Å². The molecule has 0 aromatic heterocycles. The van der Waals surface area contributed by atoms with E-state index in [2.05, 4.69) is 0 Å². The van der Waals surface area contributed by atoms with Crippen LogP contribution in [0.15, 0.2) is 102 Å². The molecule has 8 heteroatoms. The molecule has 0 amide bonds. The molecule has 3 aromatic rings. The van der Waals surface area contributed by atoms with Gasteiger partial charge in [0.1, 0.15) is 31.4 Å². The summed E-state index contributed by atoms with van der Waals surface area (Å²) in [7, 11) is 1.90. The highest BCUT2D eigenvalue weighted by Gasteiger charge is 2.19. The number of aliphatic hydroxyl groups is 1. The molecule has 42 heavy (non-hydrogen) atoms. The fourth-order valence-corrected chi connectivity index (χ4v) is 5.12. The third-order valence-electron chi connectivity index (χ3n) is 7.39. The normalized spacial score (nSPS) is 15.6. The molecule has 214 valence electrons. The molecule has 0 saturated heterocycles. The van der Waals surface area contributed by atoms with Gasteiger partial charge in [-0.05, 0) is 78.9 Å².